The fourth-order valence-electron chi connectivity index (χ4n) is 2.38. The maximum Gasteiger partial charge on any atom is 0.154 e. The first-order valence-corrected chi connectivity index (χ1v) is 7.71. The van der Waals surface area contributed by atoms with E-state index in [-0.39, 0.29) is 28.7 Å². The number of hydrogen-bond donors (Lipinski definition) is 3. The molecule has 5 heteroatoms. The van der Waals surface area contributed by atoms with E-state index in [0.29, 0.717) is 23.8 Å². The first-order chi connectivity index (χ1) is 10.0. The molecule has 0 amide bonds. The Bertz CT molecular complexity index is 486. The number of unbranched alkanes of at least 4 members (excludes halogenated alkanes) is 5. The van der Waals surface area contributed by atoms with Crippen LogP contribution in [-0.2, 0) is 6.42 Å². The molecule has 4 nitrogen and oxygen atoms in total. The Balaban J connectivity index is 2.63. The largest absolute Gasteiger partial charge is 0.507 e. The van der Waals surface area contributed by atoms with Crippen molar-refractivity contribution >= 4 is 17.9 Å². The molecule has 0 aliphatic carbocycles. The van der Waals surface area contributed by atoms with Gasteiger partial charge in [0.2, 0.25) is 0 Å². The molecule has 0 aliphatic rings. The highest BCUT2D eigenvalue weighted by Gasteiger charge is 2.19. The van der Waals surface area contributed by atoms with Gasteiger partial charge in [-0.3, -0.25) is 4.79 Å². The zero-order chi connectivity index (χ0) is 15.8. The van der Waals surface area contributed by atoms with Crippen LogP contribution >= 0.6 is 11.6 Å². The van der Waals surface area contributed by atoms with Gasteiger partial charge in [-0.25, -0.2) is 0 Å². The molecule has 0 saturated carbocycles. The molecule has 1 aromatic rings. The van der Waals surface area contributed by atoms with Crippen molar-refractivity contribution in [1.29, 1.82) is 0 Å². The Morgan fingerprint density at radius 3 is 2.14 bits per heavy atom. The second-order valence-corrected chi connectivity index (χ2v) is 5.62. The molecule has 1 rings (SSSR count). The fraction of sp³-hybridized carbons (Fsp3) is 0.562. The third-order valence-electron chi connectivity index (χ3n) is 3.72. The molecule has 0 heterocycles. The second-order valence-electron chi connectivity index (χ2n) is 5.24. The summed E-state index contributed by atoms with van der Waals surface area (Å²) in [6.45, 7) is 1.83. The number of halogens is 1. The molecule has 21 heavy (non-hydrogen) atoms. The Hall–Kier alpha value is -1.26. The topological polar surface area (TPSA) is 77.8 Å². The number of aromatic hydroxyl groups is 2. The lowest BCUT2D eigenvalue weighted by Gasteiger charge is -2.13. The van der Waals surface area contributed by atoms with Gasteiger partial charge in [0.05, 0.1) is 10.6 Å². The molecule has 118 valence electrons. The Labute approximate surface area is 130 Å². The molecule has 0 saturated heterocycles. The SMILES string of the molecule is Cc1c(Cl)c(O)c(CCCCCCCCO)c(O)c1C=O. The number of rotatable bonds is 9. The molecule has 0 unspecified atom stereocenters. The first kappa shape index (κ1) is 17.8. The van der Waals surface area contributed by atoms with Crippen LogP contribution < -0.4 is 0 Å². The number of aliphatic hydroxyl groups excluding tert-OH is 1. The van der Waals surface area contributed by atoms with Gasteiger partial charge in [0.15, 0.2) is 6.29 Å². The van der Waals surface area contributed by atoms with Crippen LogP contribution in [0.3, 0.4) is 0 Å². The van der Waals surface area contributed by atoms with Gasteiger partial charge in [0, 0.05) is 12.2 Å². The van der Waals surface area contributed by atoms with Gasteiger partial charge in [-0.05, 0) is 31.7 Å². The highest BCUT2D eigenvalue weighted by molar-refractivity contribution is 6.33. The van der Waals surface area contributed by atoms with E-state index in [2.05, 4.69) is 0 Å². The minimum atomic E-state index is -0.162. The van der Waals surface area contributed by atoms with Gasteiger partial charge < -0.3 is 15.3 Å². The molecule has 0 spiro atoms. The van der Waals surface area contributed by atoms with Crippen LogP contribution in [0, 0.1) is 6.92 Å². The van der Waals surface area contributed by atoms with E-state index in [9.17, 15) is 15.0 Å². The smallest absolute Gasteiger partial charge is 0.154 e. The summed E-state index contributed by atoms with van der Waals surface area (Å²) in [4.78, 5) is 11.0. The number of benzene rings is 1. The molecule has 0 fully saturated rings. The van der Waals surface area contributed by atoms with Crippen molar-refractivity contribution in [1.82, 2.24) is 0 Å². The third kappa shape index (κ3) is 4.61. The number of aliphatic hydroxyl groups is 1. The minimum Gasteiger partial charge on any atom is -0.507 e. The summed E-state index contributed by atoms with van der Waals surface area (Å²) in [7, 11) is 0. The second kappa shape index (κ2) is 8.90. The van der Waals surface area contributed by atoms with Gasteiger partial charge in [0.25, 0.3) is 0 Å². The van der Waals surface area contributed by atoms with E-state index in [0.717, 1.165) is 38.5 Å². The minimum absolute atomic E-state index is 0.127. The van der Waals surface area contributed by atoms with E-state index in [1.54, 1.807) is 6.92 Å². The Morgan fingerprint density at radius 2 is 1.57 bits per heavy atom. The molecular formula is C16H23ClO4. The summed E-state index contributed by atoms with van der Waals surface area (Å²) in [6.07, 6.45) is 6.77. The summed E-state index contributed by atoms with van der Waals surface area (Å²) in [5.41, 5.74) is 0.897. The average molecular weight is 315 g/mol. The van der Waals surface area contributed by atoms with Crippen molar-refractivity contribution in [3.63, 3.8) is 0 Å². The van der Waals surface area contributed by atoms with Gasteiger partial charge in [-0.15, -0.1) is 0 Å². The van der Waals surface area contributed by atoms with Crippen LogP contribution in [0.1, 0.15) is 60.0 Å². The highest BCUT2D eigenvalue weighted by atomic mass is 35.5. The summed E-state index contributed by atoms with van der Waals surface area (Å²) in [5.74, 6) is -0.290. The zero-order valence-corrected chi connectivity index (χ0v) is 13.1. The predicted molar refractivity (Wildman–Crippen MR) is 83.4 cm³/mol. The van der Waals surface area contributed by atoms with Crippen molar-refractivity contribution in [3.05, 3.63) is 21.7 Å². The fourth-order valence-corrected chi connectivity index (χ4v) is 2.60. The first-order valence-electron chi connectivity index (χ1n) is 7.33. The van der Waals surface area contributed by atoms with Crippen molar-refractivity contribution < 1.29 is 20.1 Å². The average Bonchev–Trinajstić information content (AvgIpc) is 2.48. The summed E-state index contributed by atoms with van der Waals surface area (Å²) >= 11 is 5.99. The lowest BCUT2D eigenvalue weighted by atomic mass is 9.98. The Kier molecular flexibility index (Phi) is 7.54. The normalized spacial score (nSPS) is 10.8. The summed E-state index contributed by atoms with van der Waals surface area (Å²) in [5, 5.41) is 28.9. The number of hydrogen-bond acceptors (Lipinski definition) is 4. The lowest BCUT2D eigenvalue weighted by Crippen LogP contribution is -1.97. The standard InChI is InChI=1S/C16H23ClO4/c1-11-13(10-19)15(20)12(16(21)14(11)17)8-6-4-2-3-5-7-9-18/h10,18,20-21H,2-9H2,1H3. The van der Waals surface area contributed by atoms with Crippen molar-refractivity contribution in [2.45, 2.75) is 51.9 Å². The molecule has 0 atom stereocenters. The van der Waals surface area contributed by atoms with Gasteiger partial charge in [-0.1, -0.05) is 37.3 Å². The quantitative estimate of drug-likeness (QED) is 0.479. The number of carbonyl (C=O) groups is 1. The van der Waals surface area contributed by atoms with Crippen LogP contribution in [-0.4, -0.2) is 28.2 Å². The number of carbonyl (C=O) groups excluding carboxylic acids is 1. The monoisotopic (exact) mass is 314 g/mol. The molecule has 0 aromatic heterocycles. The van der Waals surface area contributed by atoms with E-state index in [1.807, 2.05) is 0 Å². The van der Waals surface area contributed by atoms with Crippen LogP contribution in [0.5, 0.6) is 11.5 Å². The molecular weight excluding hydrogens is 292 g/mol. The molecule has 0 bridgehead atoms. The molecule has 0 aliphatic heterocycles. The van der Waals surface area contributed by atoms with E-state index >= 15 is 0 Å². The van der Waals surface area contributed by atoms with Crippen molar-refractivity contribution in [2.24, 2.45) is 0 Å². The van der Waals surface area contributed by atoms with Gasteiger partial charge in [0.1, 0.15) is 11.5 Å². The lowest BCUT2D eigenvalue weighted by molar-refractivity contribution is 0.112. The summed E-state index contributed by atoms with van der Waals surface area (Å²) < 4.78 is 0. The third-order valence-corrected chi connectivity index (χ3v) is 4.18. The molecule has 3 N–H and O–H groups in total. The summed E-state index contributed by atoms with van der Waals surface area (Å²) in [6, 6.07) is 0. The van der Waals surface area contributed by atoms with Crippen LogP contribution in [0.15, 0.2) is 0 Å². The van der Waals surface area contributed by atoms with Crippen LogP contribution in [0.25, 0.3) is 0 Å². The van der Waals surface area contributed by atoms with Crippen molar-refractivity contribution in [3.8, 4) is 11.5 Å². The van der Waals surface area contributed by atoms with Crippen molar-refractivity contribution in [2.75, 3.05) is 6.61 Å². The van der Waals surface area contributed by atoms with Gasteiger partial charge >= 0.3 is 0 Å². The number of aldehydes is 1. The van der Waals surface area contributed by atoms with E-state index < -0.39 is 0 Å². The maximum absolute atomic E-state index is 11.0. The highest BCUT2D eigenvalue weighted by Crippen LogP contribution is 2.40. The van der Waals surface area contributed by atoms with Crippen LogP contribution in [0.2, 0.25) is 5.02 Å². The number of phenols is 2. The van der Waals surface area contributed by atoms with Gasteiger partial charge in [-0.2, -0.15) is 0 Å². The number of phenolic OH excluding ortho intramolecular Hbond substituents is 2. The van der Waals surface area contributed by atoms with E-state index in [1.165, 1.54) is 0 Å². The maximum atomic E-state index is 11.0. The molecule has 1 aromatic carbocycles. The molecule has 0 radical (unpaired) electrons. The predicted octanol–water partition coefficient (Wildman–Crippen LogP) is 3.75. The van der Waals surface area contributed by atoms with Crippen LogP contribution in [0.4, 0.5) is 0 Å². The zero-order valence-electron chi connectivity index (χ0n) is 12.4. The van der Waals surface area contributed by atoms with E-state index in [4.69, 9.17) is 16.7 Å². The Morgan fingerprint density at radius 1 is 1.00 bits per heavy atom.